The summed E-state index contributed by atoms with van der Waals surface area (Å²) < 4.78 is 0. The predicted molar refractivity (Wildman–Crippen MR) is 125 cm³/mol. The summed E-state index contributed by atoms with van der Waals surface area (Å²) in [5.41, 5.74) is 6.81. The first-order chi connectivity index (χ1) is 15.3. The fraction of sp³-hybridized carbons (Fsp3) is 0.148. The number of nitrogens with one attached hydrogen (secondary N) is 1. The number of nitrogens with zero attached hydrogens (tertiary/aromatic N) is 1. The average Bonchev–Trinajstić information content (AvgIpc) is 2.71. The van der Waals surface area contributed by atoms with Crippen LogP contribution in [0.4, 0.5) is 10.5 Å². The van der Waals surface area contributed by atoms with Gasteiger partial charge in [0.2, 0.25) is 0 Å². The van der Waals surface area contributed by atoms with Crippen LogP contribution in [0.5, 0.6) is 0 Å². The van der Waals surface area contributed by atoms with Crippen molar-refractivity contribution in [2.75, 3.05) is 4.90 Å². The van der Waals surface area contributed by atoms with Gasteiger partial charge in [-0.3, -0.25) is 14.9 Å². The van der Waals surface area contributed by atoms with Crippen molar-refractivity contribution < 1.29 is 14.4 Å². The maximum Gasteiger partial charge on any atom is 0.335 e. The summed E-state index contributed by atoms with van der Waals surface area (Å²) in [7, 11) is 0. The van der Waals surface area contributed by atoms with E-state index in [1.807, 2.05) is 37.3 Å². The molecular formula is C27H24N2O3. The summed E-state index contributed by atoms with van der Waals surface area (Å²) in [5.74, 6) is -1.33. The molecule has 160 valence electrons. The number of amides is 4. The molecule has 1 aliphatic heterocycles. The molecule has 1 N–H and O–H groups in total. The lowest BCUT2D eigenvalue weighted by atomic mass is 9.99. The van der Waals surface area contributed by atoms with Crippen molar-refractivity contribution in [3.63, 3.8) is 0 Å². The van der Waals surface area contributed by atoms with Crippen molar-refractivity contribution in [1.82, 2.24) is 5.32 Å². The van der Waals surface area contributed by atoms with E-state index in [9.17, 15) is 14.4 Å². The van der Waals surface area contributed by atoms with Crippen LogP contribution in [0.15, 0.2) is 72.3 Å². The zero-order chi connectivity index (χ0) is 22.8. The van der Waals surface area contributed by atoms with Crippen LogP contribution in [0.1, 0.15) is 33.4 Å². The van der Waals surface area contributed by atoms with E-state index in [2.05, 4.69) is 37.4 Å². The number of hydrogen-bond donors (Lipinski definition) is 1. The molecule has 0 saturated carbocycles. The topological polar surface area (TPSA) is 66.5 Å². The summed E-state index contributed by atoms with van der Waals surface area (Å²) >= 11 is 0. The Balaban J connectivity index is 1.58. The van der Waals surface area contributed by atoms with Crippen molar-refractivity contribution in [3.8, 4) is 0 Å². The van der Waals surface area contributed by atoms with Crippen molar-refractivity contribution in [3.05, 3.63) is 106 Å². The molecule has 32 heavy (non-hydrogen) atoms. The number of aryl methyl sites for hydroxylation is 3. The molecule has 1 aliphatic rings. The molecule has 0 bridgehead atoms. The van der Waals surface area contributed by atoms with Crippen molar-refractivity contribution in [2.24, 2.45) is 0 Å². The predicted octanol–water partition coefficient (Wildman–Crippen LogP) is 4.87. The number of benzene rings is 3. The number of hydrogen-bond acceptors (Lipinski definition) is 3. The van der Waals surface area contributed by atoms with Crippen molar-refractivity contribution >= 4 is 29.6 Å². The average molecular weight is 425 g/mol. The molecule has 0 spiro atoms. The van der Waals surface area contributed by atoms with E-state index in [4.69, 9.17) is 0 Å². The fourth-order valence-electron chi connectivity index (χ4n) is 3.96. The number of carbonyl (C=O) groups excluding carboxylic acids is 3. The highest BCUT2D eigenvalue weighted by molar-refractivity contribution is 6.39. The summed E-state index contributed by atoms with van der Waals surface area (Å²) in [5, 5.41) is 2.26. The van der Waals surface area contributed by atoms with Crippen LogP contribution in [0.25, 0.3) is 6.08 Å². The molecule has 5 nitrogen and oxygen atoms in total. The Labute approximate surface area is 187 Å². The second-order valence-corrected chi connectivity index (χ2v) is 8.21. The van der Waals surface area contributed by atoms with E-state index < -0.39 is 17.8 Å². The highest BCUT2D eigenvalue weighted by Crippen LogP contribution is 2.23. The first kappa shape index (κ1) is 21.2. The molecule has 4 rings (SSSR count). The van der Waals surface area contributed by atoms with Crippen LogP contribution in [0.3, 0.4) is 0 Å². The summed E-state index contributed by atoms with van der Waals surface area (Å²) in [6.07, 6.45) is 2.32. The van der Waals surface area contributed by atoms with Gasteiger partial charge in [-0.15, -0.1) is 0 Å². The Morgan fingerprint density at radius 3 is 2.12 bits per heavy atom. The van der Waals surface area contributed by atoms with Crippen molar-refractivity contribution in [1.29, 1.82) is 0 Å². The molecule has 4 amide bonds. The number of urea groups is 1. The molecule has 1 heterocycles. The summed E-state index contributed by atoms with van der Waals surface area (Å²) in [6, 6.07) is 20.5. The normalized spacial score (nSPS) is 15.3. The highest BCUT2D eigenvalue weighted by atomic mass is 16.2. The molecular weight excluding hydrogens is 400 g/mol. The third kappa shape index (κ3) is 4.52. The van der Waals surface area contributed by atoms with E-state index in [0.717, 1.165) is 22.4 Å². The Morgan fingerprint density at radius 2 is 1.47 bits per heavy atom. The van der Waals surface area contributed by atoms with Gasteiger partial charge in [0, 0.05) is 0 Å². The largest absolute Gasteiger partial charge is 0.335 e. The van der Waals surface area contributed by atoms with Gasteiger partial charge in [0.1, 0.15) is 5.57 Å². The molecule has 1 saturated heterocycles. The summed E-state index contributed by atoms with van der Waals surface area (Å²) in [4.78, 5) is 38.7. The van der Waals surface area contributed by atoms with E-state index >= 15 is 0 Å². The monoisotopic (exact) mass is 424 g/mol. The van der Waals surface area contributed by atoms with Gasteiger partial charge < -0.3 is 0 Å². The fourth-order valence-corrected chi connectivity index (χ4v) is 3.96. The standard InChI is InChI=1S/C27H24N2O3/c1-17-5-4-6-23(14-17)29-26(31)24(25(30)28-27(29)32)16-21-9-7-20(8-10-21)15-22-12-18(2)11-19(3)13-22/h4-14,16H,15H2,1-3H3,(H,28,30,32)/b24-16+. The quantitative estimate of drug-likeness (QED) is 0.480. The van der Waals surface area contributed by atoms with Crippen LogP contribution in [0, 0.1) is 20.8 Å². The Kier molecular flexibility index (Phi) is 5.73. The van der Waals surface area contributed by atoms with Gasteiger partial charge >= 0.3 is 6.03 Å². The van der Waals surface area contributed by atoms with E-state index in [-0.39, 0.29) is 5.57 Å². The Hall–Kier alpha value is -3.99. The number of barbiturate groups is 1. The third-order valence-electron chi connectivity index (χ3n) is 5.34. The van der Waals surface area contributed by atoms with Gasteiger partial charge in [0.05, 0.1) is 5.69 Å². The zero-order valence-electron chi connectivity index (χ0n) is 18.3. The van der Waals surface area contributed by atoms with E-state index in [1.54, 1.807) is 18.2 Å². The molecule has 3 aromatic rings. The minimum Gasteiger partial charge on any atom is -0.273 e. The van der Waals surface area contributed by atoms with Gasteiger partial charge in [-0.25, -0.2) is 9.69 Å². The molecule has 0 atom stereocenters. The molecule has 0 aromatic heterocycles. The van der Waals surface area contributed by atoms with E-state index in [1.165, 1.54) is 22.8 Å². The van der Waals surface area contributed by atoms with Crippen LogP contribution in [-0.4, -0.2) is 17.8 Å². The summed E-state index contributed by atoms with van der Waals surface area (Å²) in [6.45, 7) is 6.04. The highest BCUT2D eigenvalue weighted by Gasteiger charge is 2.36. The van der Waals surface area contributed by atoms with Gasteiger partial charge in [-0.05, 0) is 67.7 Å². The second kappa shape index (κ2) is 8.63. The van der Waals surface area contributed by atoms with Gasteiger partial charge in [-0.1, -0.05) is 65.7 Å². The minimum atomic E-state index is -0.744. The van der Waals surface area contributed by atoms with E-state index in [0.29, 0.717) is 11.3 Å². The third-order valence-corrected chi connectivity index (χ3v) is 5.34. The lowest BCUT2D eigenvalue weighted by Crippen LogP contribution is -2.54. The van der Waals surface area contributed by atoms with Crippen LogP contribution >= 0.6 is 0 Å². The number of anilines is 1. The second-order valence-electron chi connectivity index (χ2n) is 8.21. The van der Waals surface area contributed by atoms with Gasteiger partial charge in [-0.2, -0.15) is 0 Å². The molecule has 0 aliphatic carbocycles. The first-order valence-electron chi connectivity index (χ1n) is 10.4. The molecule has 3 aromatic carbocycles. The number of carbonyl (C=O) groups is 3. The number of rotatable bonds is 4. The van der Waals surface area contributed by atoms with Gasteiger partial charge in [0.15, 0.2) is 0 Å². The molecule has 1 fully saturated rings. The number of imide groups is 2. The van der Waals surface area contributed by atoms with Crippen LogP contribution < -0.4 is 10.2 Å². The molecule has 0 radical (unpaired) electrons. The minimum absolute atomic E-state index is 0.0758. The maximum absolute atomic E-state index is 13.0. The van der Waals surface area contributed by atoms with Crippen LogP contribution in [0.2, 0.25) is 0 Å². The molecule has 5 heteroatoms. The smallest absolute Gasteiger partial charge is 0.273 e. The molecule has 0 unspecified atom stereocenters. The first-order valence-corrected chi connectivity index (χ1v) is 10.4. The Bertz CT molecular complexity index is 1240. The van der Waals surface area contributed by atoms with Crippen LogP contribution in [-0.2, 0) is 16.0 Å². The lowest BCUT2D eigenvalue weighted by Gasteiger charge is -2.26. The Morgan fingerprint density at radius 1 is 0.781 bits per heavy atom. The van der Waals surface area contributed by atoms with Gasteiger partial charge in [0.25, 0.3) is 11.8 Å². The zero-order valence-corrected chi connectivity index (χ0v) is 18.3. The van der Waals surface area contributed by atoms with Crippen molar-refractivity contribution in [2.45, 2.75) is 27.2 Å². The SMILES string of the molecule is Cc1cc(C)cc(Cc2ccc(/C=C3\C(=O)NC(=O)N(c4cccc(C)c4)C3=O)cc2)c1. The maximum atomic E-state index is 13.0. The lowest BCUT2D eigenvalue weighted by molar-refractivity contribution is -0.122.